The molecular formula is C15H24N2OS2. The number of carbonyl (C=O) groups is 1. The number of thioether (sulfide) groups is 1. The van der Waals surface area contributed by atoms with Crippen LogP contribution in [0.4, 0.5) is 0 Å². The molecule has 0 radical (unpaired) electrons. The van der Waals surface area contributed by atoms with E-state index in [0.29, 0.717) is 0 Å². The molecule has 20 heavy (non-hydrogen) atoms. The van der Waals surface area contributed by atoms with E-state index in [0.717, 1.165) is 24.3 Å². The zero-order valence-corrected chi connectivity index (χ0v) is 14.1. The Morgan fingerprint density at radius 2 is 2.30 bits per heavy atom. The van der Waals surface area contributed by atoms with Crippen molar-refractivity contribution in [3.05, 3.63) is 22.4 Å². The highest BCUT2D eigenvalue weighted by Gasteiger charge is 2.40. The van der Waals surface area contributed by atoms with Crippen LogP contribution in [0.5, 0.6) is 0 Å². The van der Waals surface area contributed by atoms with Gasteiger partial charge in [0.05, 0.1) is 6.04 Å². The van der Waals surface area contributed by atoms with Crippen LogP contribution in [0, 0.1) is 0 Å². The molecular weight excluding hydrogens is 288 g/mol. The van der Waals surface area contributed by atoms with Crippen LogP contribution >= 0.6 is 23.1 Å². The van der Waals surface area contributed by atoms with E-state index in [-0.39, 0.29) is 24.2 Å². The number of rotatable bonds is 7. The van der Waals surface area contributed by atoms with Crippen molar-refractivity contribution < 1.29 is 4.79 Å². The van der Waals surface area contributed by atoms with Gasteiger partial charge in [-0.1, -0.05) is 13.8 Å². The highest BCUT2D eigenvalue weighted by Crippen LogP contribution is 2.31. The van der Waals surface area contributed by atoms with E-state index < -0.39 is 0 Å². The molecule has 0 saturated carbocycles. The number of hydrogen-bond acceptors (Lipinski definition) is 4. The summed E-state index contributed by atoms with van der Waals surface area (Å²) in [4.78, 5) is 14.6. The van der Waals surface area contributed by atoms with Gasteiger partial charge in [-0.25, -0.2) is 0 Å². The van der Waals surface area contributed by atoms with Crippen LogP contribution in [-0.4, -0.2) is 34.4 Å². The molecule has 0 bridgehead atoms. The number of nitrogens with one attached hydrogen (secondary N) is 1. The van der Waals surface area contributed by atoms with E-state index in [1.165, 1.54) is 5.56 Å². The molecule has 1 N–H and O–H groups in total. The standard InChI is InChI=1S/C15H24N2OS2/c1-4-13-15(18)17(11(3)6-8-19-5-2)14(16-13)12-7-9-20-10-12/h7,9-11,13-14,16H,4-6,8H2,1-3H3. The normalized spacial score (nSPS) is 24.4. The third kappa shape index (κ3) is 3.38. The second-order valence-corrected chi connectivity index (χ2v) is 7.34. The van der Waals surface area contributed by atoms with Gasteiger partial charge in [-0.05, 0) is 53.7 Å². The molecule has 1 aliphatic rings. The maximum atomic E-state index is 12.6. The number of thiophene rings is 1. The van der Waals surface area contributed by atoms with E-state index >= 15 is 0 Å². The molecule has 2 heterocycles. The minimum absolute atomic E-state index is 0.0267. The molecule has 1 amide bonds. The molecule has 1 aromatic rings. The lowest BCUT2D eigenvalue weighted by Gasteiger charge is -2.30. The highest BCUT2D eigenvalue weighted by molar-refractivity contribution is 7.99. The van der Waals surface area contributed by atoms with Crippen molar-refractivity contribution >= 4 is 29.0 Å². The van der Waals surface area contributed by atoms with E-state index in [9.17, 15) is 4.79 Å². The summed E-state index contributed by atoms with van der Waals surface area (Å²) in [6.07, 6.45) is 1.97. The molecule has 0 aliphatic carbocycles. The Kier molecular flexibility index (Phi) is 5.93. The first-order chi connectivity index (χ1) is 9.69. The van der Waals surface area contributed by atoms with E-state index in [1.54, 1.807) is 11.3 Å². The lowest BCUT2D eigenvalue weighted by atomic mass is 10.1. The predicted molar refractivity (Wildman–Crippen MR) is 88.2 cm³/mol. The van der Waals surface area contributed by atoms with Crippen LogP contribution in [0.25, 0.3) is 0 Å². The highest BCUT2D eigenvalue weighted by atomic mass is 32.2. The Morgan fingerprint density at radius 3 is 2.90 bits per heavy atom. The predicted octanol–water partition coefficient (Wildman–Crippen LogP) is 3.49. The van der Waals surface area contributed by atoms with Crippen molar-refractivity contribution in [2.45, 2.75) is 51.9 Å². The fraction of sp³-hybridized carbons (Fsp3) is 0.667. The van der Waals surface area contributed by atoms with E-state index in [2.05, 4.69) is 47.8 Å². The quantitative estimate of drug-likeness (QED) is 0.782. The molecule has 3 nitrogen and oxygen atoms in total. The van der Waals surface area contributed by atoms with Crippen molar-refractivity contribution in [1.29, 1.82) is 0 Å². The van der Waals surface area contributed by atoms with Gasteiger partial charge >= 0.3 is 0 Å². The van der Waals surface area contributed by atoms with Gasteiger partial charge in [0.2, 0.25) is 5.91 Å². The lowest BCUT2D eigenvalue weighted by molar-refractivity contribution is -0.132. The van der Waals surface area contributed by atoms with Crippen LogP contribution in [0.3, 0.4) is 0 Å². The van der Waals surface area contributed by atoms with Crippen LogP contribution in [0.1, 0.15) is 45.3 Å². The van der Waals surface area contributed by atoms with Gasteiger partial charge in [0.15, 0.2) is 0 Å². The summed E-state index contributed by atoms with van der Waals surface area (Å²) in [6.45, 7) is 6.42. The van der Waals surface area contributed by atoms with Gasteiger partial charge in [-0.2, -0.15) is 23.1 Å². The largest absolute Gasteiger partial charge is 0.319 e. The number of nitrogens with zero attached hydrogens (tertiary/aromatic N) is 1. The van der Waals surface area contributed by atoms with Crippen molar-refractivity contribution in [1.82, 2.24) is 10.2 Å². The van der Waals surface area contributed by atoms with Crippen LogP contribution < -0.4 is 5.32 Å². The molecule has 5 heteroatoms. The Bertz CT molecular complexity index is 422. The second kappa shape index (κ2) is 7.48. The summed E-state index contributed by atoms with van der Waals surface area (Å²) in [5.41, 5.74) is 1.22. The Labute approximate surface area is 130 Å². The van der Waals surface area contributed by atoms with Gasteiger partial charge in [-0.15, -0.1) is 0 Å². The smallest absolute Gasteiger partial charge is 0.241 e. The van der Waals surface area contributed by atoms with Gasteiger partial charge in [-0.3, -0.25) is 10.1 Å². The number of amides is 1. The lowest BCUT2D eigenvalue weighted by Crippen LogP contribution is -2.38. The van der Waals surface area contributed by atoms with Gasteiger partial charge in [0.1, 0.15) is 6.17 Å². The zero-order valence-electron chi connectivity index (χ0n) is 12.5. The zero-order chi connectivity index (χ0) is 14.5. The average Bonchev–Trinajstić information content (AvgIpc) is 3.06. The van der Waals surface area contributed by atoms with Crippen molar-refractivity contribution in [2.75, 3.05) is 11.5 Å². The summed E-state index contributed by atoms with van der Waals surface area (Å²) in [5.74, 6) is 2.52. The summed E-state index contributed by atoms with van der Waals surface area (Å²) in [5, 5.41) is 7.71. The first-order valence-electron chi connectivity index (χ1n) is 7.37. The topological polar surface area (TPSA) is 32.3 Å². The van der Waals surface area contributed by atoms with Crippen molar-refractivity contribution in [3.63, 3.8) is 0 Å². The molecule has 1 saturated heterocycles. The molecule has 0 spiro atoms. The van der Waals surface area contributed by atoms with Crippen molar-refractivity contribution in [2.24, 2.45) is 0 Å². The average molecular weight is 313 g/mol. The first kappa shape index (κ1) is 15.9. The van der Waals surface area contributed by atoms with Gasteiger partial charge < -0.3 is 4.90 Å². The molecule has 0 aromatic carbocycles. The molecule has 3 unspecified atom stereocenters. The van der Waals surface area contributed by atoms with E-state index in [1.807, 2.05) is 11.8 Å². The summed E-state index contributed by atoms with van der Waals surface area (Å²) in [7, 11) is 0. The SMILES string of the molecule is CCSCCC(C)N1C(=O)C(CC)NC1c1ccsc1. The third-order valence-electron chi connectivity index (χ3n) is 3.82. The Hall–Kier alpha value is -0.520. The fourth-order valence-electron chi connectivity index (χ4n) is 2.64. The fourth-order valence-corrected chi connectivity index (χ4v) is 4.11. The van der Waals surface area contributed by atoms with Crippen molar-refractivity contribution in [3.8, 4) is 0 Å². The van der Waals surface area contributed by atoms with E-state index in [4.69, 9.17) is 0 Å². The summed E-state index contributed by atoms with van der Waals surface area (Å²) < 4.78 is 0. The number of hydrogen-bond donors (Lipinski definition) is 1. The van der Waals surface area contributed by atoms with Crippen LogP contribution in [0.15, 0.2) is 16.8 Å². The first-order valence-corrected chi connectivity index (χ1v) is 9.46. The molecule has 1 fully saturated rings. The second-order valence-electron chi connectivity index (χ2n) is 5.17. The minimum Gasteiger partial charge on any atom is -0.319 e. The molecule has 3 atom stereocenters. The third-order valence-corrected chi connectivity index (χ3v) is 5.45. The monoisotopic (exact) mass is 312 g/mol. The molecule has 1 aromatic heterocycles. The van der Waals surface area contributed by atoms with Gasteiger partial charge in [0, 0.05) is 6.04 Å². The minimum atomic E-state index is -0.0267. The molecule has 112 valence electrons. The van der Waals surface area contributed by atoms with Crippen LogP contribution in [0.2, 0.25) is 0 Å². The summed E-state index contributed by atoms with van der Waals surface area (Å²) in [6, 6.07) is 2.38. The maximum absolute atomic E-state index is 12.6. The van der Waals surface area contributed by atoms with Crippen LogP contribution in [-0.2, 0) is 4.79 Å². The molecule has 1 aliphatic heterocycles. The maximum Gasteiger partial charge on any atom is 0.241 e. The summed E-state index contributed by atoms with van der Waals surface area (Å²) >= 11 is 3.64. The van der Waals surface area contributed by atoms with Gasteiger partial charge in [0.25, 0.3) is 0 Å². The Balaban J connectivity index is 2.10. The Morgan fingerprint density at radius 1 is 1.50 bits per heavy atom. The number of carbonyl (C=O) groups excluding carboxylic acids is 1. The molecule has 2 rings (SSSR count).